The molecule has 7 heterocycles. The highest BCUT2D eigenvalue weighted by molar-refractivity contribution is 7.33. The van der Waals surface area contributed by atoms with Gasteiger partial charge in [0.2, 0.25) is 8.07 Å². The first-order chi connectivity index (χ1) is 38.5. The normalized spacial score (nSPS) is 15.4. The second kappa shape index (κ2) is 17.5. The van der Waals surface area contributed by atoms with Gasteiger partial charge in [-0.1, -0.05) is 140 Å². The third kappa shape index (κ3) is 6.61. The number of nitrogens with zero attached hydrogens (tertiary/aromatic N) is 5. The van der Waals surface area contributed by atoms with Crippen LogP contribution in [0.3, 0.4) is 0 Å². The van der Waals surface area contributed by atoms with Crippen molar-refractivity contribution in [3.05, 3.63) is 272 Å². The van der Waals surface area contributed by atoms with E-state index in [1.54, 1.807) is 0 Å². The largest absolute Gasteiger partial charge is 0.311 e. The molecule has 0 spiro atoms. The Morgan fingerprint density at radius 3 is 1.65 bits per heavy atom. The van der Waals surface area contributed by atoms with E-state index in [0.717, 1.165) is 34.1 Å². The van der Waals surface area contributed by atoms with E-state index in [1.807, 2.05) is 35.1 Å². The second-order valence-corrected chi connectivity index (χ2v) is 26.6. The van der Waals surface area contributed by atoms with Gasteiger partial charge in [0.05, 0.1) is 43.0 Å². The Bertz CT molecular complexity index is 4750. The van der Waals surface area contributed by atoms with Gasteiger partial charge in [-0.3, -0.25) is 15.0 Å². The highest BCUT2D eigenvalue weighted by Crippen LogP contribution is 2.56. The summed E-state index contributed by atoms with van der Waals surface area (Å²) in [4.78, 5) is 18.2. The van der Waals surface area contributed by atoms with Crippen molar-refractivity contribution in [2.75, 3.05) is 4.90 Å². The first-order valence-corrected chi connectivity index (χ1v) is 30.2. The molecule has 6 aromatic heterocycles. The molecule has 1 unspecified atom stereocenters. The molecule has 78 heavy (non-hydrogen) atoms. The van der Waals surface area contributed by atoms with Gasteiger partial charge in [-0.15, -0.1) is 22.7 Å². The van der Waals surface area contributed by atoms with E-state index in [4.69, 9.17) is 9.97 Å². The molecule has 0 saturated carbocycles. The number of aromatic nitrogens is 4. The maximum Gasteiger partial charge on any atom is 0.227 e. The number of thiophene rings is 2. The molecule has 2 aliphatic rings. The Balaban J connectivity index is 0.861. The number of fused-ring (bicyclic) bond motifs is 12. The highest BCUT2D eigenvalue weighted by atomic mass is 32.1. The predicted octanol–water partition coefficient (Wildman–Crippen LogP) is 15.5. The molecule has 0 saturated heterocycles. The third-order valence-corrected chi connectivity index (χ3v) is 24.1. The van der Waals surface area contributed by atoms with Crippen LogP contribution < -0.4 is 25.9 Å². The van der Waals surface area contributed by atoms with E-state index in [-0.39, 0.29) is 5.41 Å². The number of pyridine rings is 3. The van der Waals surface area contributed by atoms with Crippen LogP contribution in [0.2, 0.25) is 0 Å². The van der Waals surface area contributed by atoms with Crippen LogP contribution in [0, 0.1) is 0 Å². The van der Waals surface area contributed by atoms with Gasteiger partial charge in [0.15, 0.2) is 0 Å². The summed E-state index contributed by atoms with van der Waals surface area (Å²) >= 11 is 3.74. The number of hydrogen-bond donors (Lipinski definition) is 0. The molecule has 368 valence electrons. The Labute approximate surface area is 460 Å². The Kier molecular flexibility index (Phi) is 10.1. The summed E-state index contributed by atoms with van der Waals surface area (Å²) in [6, 6.07) is 80.3. The molecule has 0 radical (unpaired) electrons. The van der Waals surface area contributed by atoms with Gasteiger partial charge in [-0.25, -0.2) is 0 Å². The minimum absolute atomic E-state index is 0.223. The number of para-hydroxylation sites is 3. The molecule has 0 fully saturated rings. The molecule has 8 heteroatoms. The molecule has 14 aromatic rings. The van der Waals surface area contributed by atoms with Crippen LogP contribution in [0.25, 0.3) is 84.5 Å². The van der Waals surface area contributed by atoms with Crippen LogP contribution in [-0.2, 0) is 5.41 Å². The van der Waals surface area contributed by atoms with Crippen LogP contribution in [0.15, 0.2) is 261 Å². The lowest BCUT2D eigenvalue weighted by Crippen LogP contribution is -2.76. The van der Waals surface area contributed by atoms with Crippen LogP contribution in [-0.4, -0.2) is 27.6 Å². The molecule has 1 aliphatic carbocycles. The predicted molar refractivity (Wildman–Crippen MR) is 332 cm³/mol. The van der Waals surface area contributed by atoms with E-state index >= 15 is 0 Å². The smallest absolute Gasteiger partial charge is 0.227 e. The zero-order valence-electron chi connectivity index (χ0n) is 42.5. The lowest BCUT2D eigenvalue weighted by atomic mass is 9.73. The minimum Gasteiger partial charge on any atom is -0.311 e. The fourth-order valence-electron chi connectivity index (χ4n) is 13.2. The van der Waals surface area contributed by atoms with E-state index in [0.29, 0.717) is 0 Å². The Morgan fingerprint density at radius 1 is 0.462 bits per heavy atom. The lowest BCUT2D eigenvalue weighted by molar-refractivity contribution is 0.586. The van der Waals surface area contributed by atoms with Crippen molar-refractivity contribution in [2.24, 2.45) is 0 Å². The van der Waals surface area contributed by atoms with Crippen LogP contribution >= 0.6 is 22.7 Å². The van der Waals surface area contributed by atoms with E-state index in [1.165, 1.54) is 106 Å². The first-order valence-electron chi connectivity index (χ1n) is 26.6. The van der Waals surface area contributed by atoms with Gasteiger partial charge in [0.1, 0.15) is 0 Å². The fraction of sp³-hybridized carbons (Fsp3) is 0.0429. The van der Waals surface area contributed by atoms with Crippen molar-refractivity contribution in [1.82, 2.24) is 19.5 Å². The number of anilines is 2. The van der Waals surface area contributed by atoms with Crippen LogP contribution in [0.4, 0.5) is 11.4 Å². The summed E-state index contributed by atoms with van der Waals surface area (Å²) in [6.45, 7) is 2.40. The molecule has 1 aliphatic heterocycles. The maximum absolute atomic E-state index is 5.60. The first kappa shape index (κ1) is 45.2. The maximum atomic E-state index is 5.60. The monoisotopic (exact) mass is 1050 g/mol. The number of allylic oxidation sites excluding steroid dienone is 4. The van der Waals surface area contributed by atoms with Gasteiger partial charge in [0, 0.05) is 82.8 Å². The van der Waals surface area contributed by atoms with E-state index in [9.17, 15) is 0 Å². The summed E-state index contributed by atoms with van der Waals surface area (Å²) in [6.07, 6.45) is 13.7. The van der Waals surface area contributed by atoms with Crippen molar-refractivity contribution < 1.29 is 0 Å². The lowest BCUT2D eigenvalue weighted by Gasteiger charge is -2.34. The highest BCUT2D eigenvalue weighted by Gasteiger charge is 2.48. The Hall–Kier alpha value is -9.05. The number of rotatable bonds is 8. The molecule has 5 nitrogen and oxygen atoms in total. The van der Waals surface area contributed by atoms with Gasteiger partial charge in [-0.2, -0.15) is 0 Å². The van der Waals surface area contributed by atoms with Crippen molar-refractivity contribution in [3.8, 4) is 16.8 Å². The average Bonchev–Trinajstić information content (AvgIpc) is 4.42. The Morgan fingerprint density at radius 2 is 1.00 bits per heavy atom. The molecular formula is C70H47N5S2Si. The second-order valence-electron chi connectivity index (χ2n) is 20.9. The van der Waals surface area contributed by atoms with Gasteiger partial charge >= 0.3 is 0 Å². The zero-order chi connectivity index (χ0) is 51.5. The topological polar surface area (TPSA) is 46.8 Å². The standard InChI is InChI=1S/C70H47N5S2Si/c1-70-43-48(29-33-65(70)75(50-18-8-3-9-19-50)62-44-71-37-36-59(62)70)47-28-32-64-58(42-47)55-35-39-73-69(67(55)77-64)78(51-20-10-4-11-21-51,52-22-12-5-13-23-52)68-66-54(34-38-72-68)57-41-46(27-31-63(57)76-66)45-26-30-61-56(40-45)53-24-14-15-25-60(53)74(61)49-16-6-2-7-17-49/h2-42,44H,43H2,1H3. The van der Waals surface area contributed by atoms with Crippen LogP contribution in [0.1, 0.15) is 24.5 Å². The summed E-state index contributed by atoms with van der Waals surface area (Å²) in [5.74, 6) is 0. The van der Waals surface area contributed by atoms with Gasteiger partial charge in [0.25, 0.3) is 0 Å². The van der Waals surface area contributed by atoms with Crippen molar-refractivity contribution >= 4 is 131 Å². The quantitative estimate of drug-likeness (QED) is 0.142. The molecule has 16 rings (SSSR count). The summed E-state index contributed by atoms with van der Waals surface area (Å²) in [5.41, 5.74) is 13.2. The van der Waals surface area contributed by atoms with E-state index < -0.39 is 8.07 Å². The summed E-state index contributed by atoms with van der Waals surface area (Å²) in [7, 11) is -3.29. The molecular weight excluding hydrogens is 1000 g/mol. The number of benzene rings is 8. The molecule has 1 atom stereocenters. The number of hydrogen-bond acceptors (Lipinski definition) is 6. The van der Waals surface area contributed by atoms with Crippen molar-refractivity contribution in [2.45, 2.75) is 18.8 Å². The van der Waals surface area contributed by atoms with Gasteiger partial charge < -0.3 is 9.47 Å². The van der Waals surface area contributed by atoms with Gasteiger partial charge in [-0.05, 0) is 143 Å². The van der Waals surface area contributed by atoms with Crippen molar-refractivity contribution in [3.63, 3.8) is 0 Å². The summed E-state index contributed by atoms with van der Waals surface area (Å²) < 4.78 is 7.31. The van der Waals surface area contributed by atoms with Crippen LogP contribution in [0.5, 0.6) is 0 Å². The summed E-state index contributed by atoms with van der Waals surface area (Å²) in [5, 5.41) is 12.2. The SMILES string of the molecule is CC12CC(c3ccc4sc5c([Si](c6ccccc6)(c6ccccc6)c6nccc7c6sc6ccc(-c8ccc9c(c8)c8ccccc8n9-c8ccccc8)cc67)nccc5c4c3)=CC=C1N(c1ccccc1)c1cnccc12. The van der Waals surface area contributed by atoms with Crippen molar-refractivity contribution in [1.29, 1.82) is 0 Å². The molecule has 0 bridgehead atoms. The molecule has 8 aromatic carbocycles. The van der Waals surface area contributed by atoms with E-state index in [2.05, 4.69) is 264 Å². The molecule has 0 N–H and O–H groups in total. The minimum atomic E-state index is -3.29. The zero-order valence-corrected chi connectivity index (χ0v) is 45.1. The molecule has 0 amide bonds. The third-order valence-electron chi connectivity index (χ3n) is 16.7. The fourth-order valence-corrected chi connectivity index (χ4v) is 21.1. The average molecular weight is 1050 g/mol.